The van der Waals surface area contributed by atoms with Gasteiger partial charge in [-0.05, 0) is 43.7 Å². The van der Waals surface area contributed by atoms with E-state index in [4.69, 9.17) is 0 Å². The number of hydrogen-bond acceptors (Lipinski definition) is 2. The van der Waals surface area contributed by atoms with Crippen LogP contribution >= 0.6 is 0 Å². The summed E-state index contributed by atoms with van der Waals surface area (Å²) in [5, 5.41) is 9.81. The number of hydrogen-bond donors (Lipinski definition) is 1. The van der Waals surface area contributed by atoms with Gasteiger partial charge < -0.3 is 10.0 Å². The van der Waals surface area contributed by atoms with Gasteiger partial charge >= 0.3 is 0 Å². The Labute approximate surface area is 128 Å². The highest BCUT2D eigenvalue weighted by molar-refractivity contribution is 5.93. The molecule has 0 aliphatic carbocycles. The topological polar surface area (TPSA) is 40.5 Å². The summed E-state index contributed by atoms with van der Waals surface area (Å²) in [6.07, 6.45) is 1.67. The zero-order valence-electron chi connectivity index (χ0n) is 12.5. The molecule has 118 valence electrons. The van der Waals surface area contributed by atoms with Gasteiger partial charge in [-0.3, -0.25) is 4.79 Å². The van der Waals surface area contributed by atoms with Crippen LogP contribution in [0.2, 0.25) is 0 Å². The summed E-state index contributed by atoms with van der Waals surface area (Å²) in [7, 11) is 0. The molecule has 5 heteroatoms. The second-order valence-electron chi connectivity index (χ2n) is 5.78. The fourth-order valence-electron chi connectivity index (χ4n) is 2.97. The van der Waals surface area contributed by atoms with E-state index in [1.54, 1.807) is 11.8 Å². The minimum absolute atomic E-state index is 0.160. The number of aliphatic hydroxyl groups excluding tert-OH is 1. The van der Waals surface area contributed by atoms with Gasteiger partial charge in [0.05, 0.1) is 6.61 Å². The van der Waals surface area contributed by atoms with E-state index in [0.717, 1.165) is 12.5 Å². The Kier molecular flexibility index (Phi) is 5.15. The van der Waals surface area contributed by atoms with Crippen LogP contribution in [0.3, 0.4) is 0 Å². The van der Waals surface area contributed by atoms with E-state index in [1.807, 2.05) is 0 Å². The maximum Gasteiger partial charge on any atom is 0.298 e. The predicted octanol–water partition coefficient (Wildman–Crippen LogP) is 2.13. The standard InChI is InChI=1S/C17H19F2NO2/c1-2-4-16(22)20-8-3-7-17(11-20,12-21)10-13-5-6-14(18)9-15(13)19/h5-6,9,21H,3,7-8,10-12H2,1H3. The van der Waals surface area contributed by atoms with Crippen molar-refractivity contribution in [1.82, 2.24) is 4.90 Å². The molecule has 1 saturated heterocycles. The number of halogens is 2. The number of likely N-dealkylation sites (tertiary alicyclic amines) is 1. The number of amides is 1. The third kappa shape index (κ3) is 3.63. The van der Waals surface area contributed by atoms with Gasteiger partial charge in [-0.2, -0.15) is 0 Å². The smallest absolute Gasteiger partial charge is 0.298 e. The van der Waals surface area contributed by atoms with Gasteiger partial charge in [0, 0.05) is 24.6 Å². The van der Waals surface area contributed by atoms with Crippen molar-refractivity contribution >= 4 is 5.91 Å². The van der Waals surface area contributed by atoms with Gasteiger partial charge in [0.15, 0.2) is 0 Å². The third-order valence-corrected chi connectivity index (χ3v) is 4.10. The van der Waals surface area contributed by atoms with Crippen molar-refractivity contribution in [3.8, 4) is 11.8 Å². The van der Waals surface area contributed by atoms with Crippen molar-refractivity contribution in [2.24, 2.45) is 5.41 Å². The first-order valence-corrected chi connectivity index (χ1v) is 7.26. The minimum Gasteiger partial charge on any atom is -0.396 e. The highest BCUT2D eigenvalue weighted by Gasteiger charge is 2.37. The van der Waals surface area contributed by atoms with Crippen molar-refractivity contribution in [3.63, 3.8) is 0 Å². The number of piperidine rings is 1. The molecule has 1 heterocycles. The molecule has 1 atom stereocenters. The Morgan fingerprint density at radius 1 is 1.45 bits per heavy atom. The van der Waals surface area contributed by atoms with Gasteiger partial charge in [0.1, 0.15) is 11.6 Å². The van der Waals surface area contributed by atoms with Crippen LogP contribution in [-0.2, 0) is 11.2 Å². The maximum absolute atomic E-state index is 13.9. The summed E-state index contributed by atoms with van der Waals surface area (Å²) < 4.78 is 26.9. The monoisotopic (exact) mass is 307 g/mol. The second-order valence-corrected chi connectivity index (χ2v) is 5.78. The van der Waals surface area contributed by atoms with Crippen LogP contribution in [0.15, 0.2) is 18.2 Å². The first kappa shape index (κ1) is 16.4. The van der Waals surface area contributed by atoms with Gasteiger partial charge in [-0.15, -0.1) is 0 Å². The molecule has 0 radical (unpaired) electrons. The van der Waals surface area contributed by atoms with Crippen LogP contribution in [-0.4, -0.2) is 35.6 Å². The average molecular weight is 307 g/mol. The molecule has 1 aromatic carbocycles. The van der Waals surface area contributed by atoms with E-state index in [0.29, 0.717) is 25.1 Å². The highest BCUT2D eigenvalue weighted by Crippen LogP contribution is 2.34. The van der Waals surface area contributed by atoms with Crippen molar-refractivity contribution < 1.29 is 18.7 Å². The molecule has 1 amide bonds. The molecule has 2 rings (SSSR count). The first-order valence-electron chi connectivity index (χ1n) is 7.26. The zero-order valence-corrected chi connectivity index (χ0v) is 12.5. The molecule has 0 aromatic heterocycles. The van der Waals surface area contributed by atoms with Crippen LogP contribution < -0.4 is 0 Å². The lowest BCUT2D eigenvalue weighted by Crippen LogP contribution is -2.48. The van der Waals surface area contributed by atoms with Crippen molar-refractivity contribution in [3.05, 3.63) is 35.4 Å². The van der Waals surface area contributed by atoms with Crippen molar-refractivity contribution in [2.45, 2.75) is 26.2 Å². The van der Waals surface area contributed by atoms with Crippen LogP contribution in [0.1, 0.15) is 25.3 Å². The minimum atomic E-state index is -0.627. The molecule has 1 aromatic rings. The van der Waals surface area contributed by atoms with Crippen LogP contribution in [0.4, 0.5) is 8.78 Å². The number of nitrogens with zero attached hydrogens (tertiary/aromatic N) is 1. The summed E-state index contributed by atoms with van der Waals surface area (Å²) in [5.41, 5.74) is -0.256. The van der Waals surface area contributed by atoms with E-state index in [9.17, 15) is 18.7 Å². The maximum atomic E-state index is 13.9. The van der Waals surface area contributed by atoms with Crippen molar-refractivity contribution in [2.75, 3.05) is 19.7 Å². The van der Waals surface area contributed by atoms with E-state index >= 15 is 0 Å². The van der Waals surface area contributed by atoms with Gasteiger partial charge in [-0.25, -0.2) is 8.78 Å². The summed E-state index contributed by atoms with van der Waals surface area (Å²) in [4.78, 5) is 13.5. The summed E-state index contributed by atoms with van der Waals surface area (Å²) in [6, 6.07) is 3.45. The first-order chi connectivity index (χ1) is 10.5. The van der Waals surface area contributed by atoms with E-state index in [1.165, 1.54) is 12.1 Å². The predicted molar refractivity (Wildman–Crippen MR) is 78.8 cm³/mol. The third-order valence-electron chi connectivity index (χ3n) is 4.10. The number of aliphatic hydroxyl groups is 1. The van der Waals surface area contributed by atoms with Crippen LogP contribution in [0.5, 0.6) is 0 Å². The van der Waals surface area contributed by atoms with Crippen LogP contribution in [0, 0.1) is 28.9 Å². The lowest BCUT2D eigenvalue weighted by molar-refractivity contribution is -0.129. The number of rotatable bonds is 3. The fraction of sp³-hybridized carbons (Fsp3) is 0.471. The molecule has 1 aliphatic heterocycles. The Hall–Kier alpha value is -1.93. The number of benzene rings is 1. The Morgan fingerprint density at radius 2 is 2.23 bits per heavy atom. The summed E-state index contributed by atoms with van der Waals surface area (Å²) in [6.45, 7) is 2.34. The highest BCUT2D eigenvalue weighted by atomic mass is 19.1. The molecule has 1 unspecified atom stereocenters. The molecule has 1 aliphatic rings. The molecule has 1 N–H and O–H groups in total. The van der Waals surface area contributed by atoms with Gasteiger partial charge in [0.2, 0.25) is 0 Å². The second kappa shape index (κ2) is 6.89. The Bertz CT molecular complexity index is 621. The summed E-state index contributed by atoms with van der Waals surface area (Å²) >= 11 is 0. The molecular weight excluding hydrogens is 288 g/mol. The lowest BCUT2D eigenvalue weighted by Gasteiger charge is -2.41. The Morgan fingerprint density at radius 3 is 2.86 bits per heavy atom. The quantitative estimate of drug-likeness (QED) is 0.869. The molecule has 1 fully saturated rings. The Balaban J connectivity index is 2.20. The molecule has 3 nitrogen and oxygen atoms in total. The normalized spacial score (nSPS) is 21.2. The summed E-state index contributed by atoms with van der Waals surface area (Å²) in [5.74, 6) is 3.54. The largest absolute Gasteiger partial charge is 0.396 e. The number of carbonyl (C=O) groups excluding carboxylic acids is 1. The van der Waals surface area contributed by atoms with E-state index in [2.05, 4.69) is 11.8 Å². The van der Waals surface area contributed by atoms with Gasteiger partial charge in [0.25, 0.3) is 5.91 Å². The van der Waals surface area contributed by atoms with Crippen LogP contribution in [0.25, 0.3) is 0 Å². The SMILES string of the molecule is CC#CC(=O)N1CCCC(CO)(Cc2ccc(F)cc2F)C1. The lowest BCUT2D eigenvalue weighted by atomic mass is 9.75. The van der Waals surface area contributed by atoms with Gasteiger partial charge in [-0.1, -0.05) is 12.0 Å². The number of carbonyl (C=O) groups is 1. The average Bonchev–Trinajstić information content (AvgIpc) is 2.51. The molecular formula is C17H19F2NO2. The van der Waals surface area contributed by atoms with E-state index < -0.39 is 17.0 Å². The zero-order chi connectivity index (χ0) is 16.2. The fourth-order valence-corrected chi connectivity index (χ4v) is 2.97. The van der Waals surface area contributed by atoms with Crippen molar-refractivity contribution in [1.29, 1.82) is 0 Å². The van der Waals surface area contributed by atoms with E-state index in [-0.39, 0.29) is 18.9 Å². The molecule has 0 bridgehead atoms. The molecule has 0 saturated carbocycles. The molecule has 22 heavy (non-hydrogen) atoms. The molecule has 0 spiro atoms.